The number of hydrogen-bond acceptors (Lipinski definition) is 1. The van der Waals surface area contributed by atoms with Crippen LogP contribution in [0.5, 0.6) is 0 Å². The molecule has 0 saturated carbocycles. The molecule has 0 fully saturated rings. The van der Waals surface area contributed by atoms with E-state index in [0.29, 0.717) is 10.0 Å². The molecule has 16 heavy (non-hydrogen) atoms. The zero-order valence-corrected chi connectivity index (χ0v) is 11.6. The first kappa shape index (κ1) is 12.0. The molecule has 84 valence electrons. The Morgan fingerprint density at radius 3 is 2.44 bits per heavy atom. The van der Waals surface area contributed by atoms with Crippen molar-refractivity contribution < 1.29 is 4.42 Å². The third-order valence-corrected chi connectivity index (χ3v) is 3.97. The van der Waals surface area contributed by atoms with Crippen LogP contribution in [0.3, 0.4) is 0 Å². The molecule has 1 unspecified atom stereocenters. The van der Waals surface area contributed by atoms with Gasteiger partial charge in [-0.1, -0.05) is 45.2 Å². The van der Waals surface area contributed by atoms with E-state index in [1.807, 2.05) is 31.2 Å². The van der Waals surface area contributed by atoms with Crippen molar-refractivity contribution in [3.8, 4) is 0 Å². The third-order valence-electron chi connectivity index (χ3n) is 2.25. The molecule has 1 aromatic heterocycles. The molecule has 1 aromatic carbocycles. The van der Waals surface area contributed by atoms with Crippen molar-refractivity contribution in [2.45, 2.75) is 11.8 Å². The predicted octanol–water partition coefficient (Wildman–Crippen LogP) is 5.38. The molecule has 0 aliphatic carbocycles. The van der Waals surface area contributed by atoms with Crippen molar-refractivity contribution in [3.63, 3.8) is 0 Å². The van der Waals surface area contributed by atoms with Crippen LogP contribution in [-0.4, -0.2) is 0 Å². The van der Waals surface area contributed by atoms with E-state index in [4.69, 9.17) is 27.6 Å². The van der Waals surface area contributed by atoms with Crippen LogP contribution >= 0.6 is 39.1 Å². The minimum Gasteiger partial charge on any atom is -0.465 e. The number of rotatable bonds is 2. The van der Waals surface area contributed by atoms with Crippen LogP contribution in [0.2, 0.25) is 10.0 Å². The van der Waals surface area contributed by atoms with E-state index >= 15 is 0 Å². The summed E-state index contributed by atoms with van der Waals surface area (Å²) < 4.78 is 5.55. The Hall–Kier alpha value is -0.440. The van der Waals surface area contributed by atoms with Gasteiger partial charge in [0.15, 0.2) is 0 Å². The Kier molecular flexibility index (Phi) is 3.63. The lowest BCUT2D eigenvalue weighted by Gasteiger charge is -2.08. The molecule has 0 spiro atoms. The summed E-state index contributed by atoms with van der Waals surface area (Å²) in [5.74, 6) is 1.75. The zero-order valence-electron chi connectivity index (χ0n) is 8.51. The van der Waals surface area contributed by atoms with Crippen molar-refractivity contribution in [2.75, 3.05) is 0 Å². The molecule has 1 heterocycles. The molecule has 0 aliphatic rings. The van der Waals surface area contributed by atoms with Crippen LogP contribution in [0.1, 0.15) is 21.9 Å². The number of halogens is 3. The molecule has 0 N–H and O–H groups in total. The fourth-order valence-corrected chi connectivity index (χ4v) is 2.26. The fourth-order valence-electron chi connectivity index (χ4n) is 1.42. The Morgan fingerprint density at radius 1 is 1.12 bits per heavy atom. The van der Waals surface area contributed by atoms with Gasteiger partial charge in [0.25, 0.3) is 0 Å². The first-order valence-electron chi connectivity index (χ1n) is 4.73. The summed E-state index contributed by atoms with van der Waals surface area (Å²) in [5.41, 5.74) is 1.02. The summed E-state index contributed by atoms with van der Waals surface area (Å²) in [6.45, 7) is 1.91. The van der Waals surface area contributed by atoms with E-state index < -0.39 is 0 Å². The van der Waals surface area contributed by atoms with Crippen LogP contribution in [0.15, 0.2) is 34.7 Å². The van der Waals surface area contributed by atoms with Gasteiger partial charge in [-0.05, 0) is 36.8 Å². The molecular weight excluding hydrogens is 311 g/mol. The average Bonchev–Trinajstić information content (AvgIpc) is 2.68. The fraction of sp³-hybridized carbons (Fsp3) is 0.167. The maximum Gasteiger partial charge on any atom is 0.122 e. The Bertz CT molecular complexity index is 507. The van der Waals surface area contributed by atoms with E-state index in [2.05, 4.69) is 15.9 Å². The van der Waals surface area contributed by atoms with E-state index in [1.165, 1.54) is 0 Å². The maximum absolute atomic E-state index is 5.97. The first-order chi connectivity index (χ1) is 7.58. The molecular formula is C12H9BrCl2O. The molecule has 0 aliphatic heterocycles. The van der Waals surface area contributed by atoms with E-state index in [9.17, 15) is 0 Å². The van der Waals surface area contributed by atoms with Gasteiger partial charge in [-0.25, -0.2) is 0 Å². The maximum atomic E-state index is 5.97. The Balaban J connectivity index is 2.33. The van der Waals surface area contributed by atoms with E-state index in [0.717, 1.165) is 17.1 Å². The van der Waals surface area contributed by atoms with E-state index in [1.54, 1.807) is 6.07 Å². The van der Waals surface area contributed by atoms with Crippen molar-refractivity contribution >= 4 is 39.1 Å². The first-order valence-corrected chi connectivity index (χ1v) is 6.40. The Morgan fingerprint density at radius 2 is 1.88 bits per heavy atom. The van der Waals surface area contributed by atoms with Gasteiger partial charge in [0.1, 0.15) is 11.5 Å². The van der Waals surface area contributed by atoms with Crippen LogP contribution in [0, 0.1) is 6.92 Å². The highest BCUT2D eigenvalue weighted by atomic mass is 79.9. The summed E-state index contributed by atoms with van der Waals surface area (Å²) in [7, 11) is 0. The highest BCUT2D eigenvalue weighted by Crippen LogP contribution is 2.34. The summed E-state index contributed by atoms with van der Waals surface area (Å²) in [6.07, 6.45) is 0. The predicted molar refractivity (Wildman–Crippen MR) is 70.7 cm³/mol. The van der Waals surface area contributed by atoms with Gasteiger partial charge in [0, 0.05) is 0 Å². The second-order valence-corrected chi connectivity index (χ2v) is 5.21. The second kappa shape index (κ2) is 4.82. The number of benzene rings is 1. The van der Waals surface area contributed by atoms with E-state index in [-0.39, 0.29) is 4.83 Å². The quantitative estimate of drug-likeness (QED) is 0.677. The summed E-state index contributed by atoms with van der Waals surface area (Å²) >= 11 is 15.4. The largest absolute Gasteiger partial charge is 0.465 e. The average molecular weight is 320 g/mol. The van der Waals surface area contributed by atoms with Gasteiger partial charge in [-0.3, -0.25) is 0 Å². The minimum atomic E-state index is -0.00373. The third kappa shape index (κ3) is 2.45. The van der Waals surface area contributed by atoms with Crippen molar-refractivity contribution in [2.24, 2.45) is 0 Å². The molecule has 2 rings (SSSR count). The van der Waals surface area contributed by atoms with Crippen molar-refractivity contribution in [1.82, 2.24) is 0 Å². The molecule has 2 aromatic rings. The lowest BCUT2D eigenvalue weighted by atomic mass is 10.1. The monoisotopic (exact) mass is 318 g/mol. The van der Waals surface area contributed by atoms with Gasteiger partial charge in [0.05, 0.1) is 14.9 Å². The van der Waals surface area contributed by atoms with Crippen molar-refractivity contribution in [3.05, 3.63) is 57.5 Å². The molecule has 0 bridgehead atoms. The van der Waals surface area contributed by atoms with Crippen molar-refractivity contribution in [1.29, 1.82) is 0 Å². The molecule has 4 heteroatoms. The SMILES string of the molecule is Cc1ccc(C(Br)c2ccc(Cl)c(Cl)c2)o1. The highest BCUT2D eigenvalue weighted by Gasteiger charge is 2.14. The molecule has 0 amide bonds. The minimum absolute atomic E-state index is 0.00373. The second-order valence-electron chi connectivity index (χ2n) is 3.48. The number of hydrogen-bond donors (Lipinski definition) is 0. The van der Waals surface area contributed by atoms with Crippen LogP contribution in [0.4, 0.5) is 0 Å². The lowest BCUT2D eigenvalue weighted by molar-refractivity contribution is 0.492. The van der Waals surface area contributed by atoms with Gasteiger partial charge < -0.3 is 4.42 Å². The number of alkyl halides is 1. The van der Waals surface area contributed by atoms with Crippen LogP contribution in [0.25, 0.3) is 0 Å². The molecule has 0 saturated heterocycles. The van der Waals surface area contributed by atoms with Crippen LogP contribution in [-0.2, 0) is 0 Å². The number of aryl methyl sites for hydroxylation is 1. The van der Waals surface area contributed by atoms with Gasteiger partial charge in [-0.2, -0.15) is 0 Å². The summed E-state index contributed by atoms with van der Waals surface area (Å²) in [5, 5.41) is 1.10. The summed E-state index contributed by atoms with van der Waals surface area (Å²) in [6, 6.07) is 9.41. The molecule has 0 radical (unpaired) electrons. The van der Waals surface area contributed by atoms with Gasteiger partial charge in [0.2, 0.25) is 0 Å². The lowest BCUT2D eigenvalue weighted by Crippen LogP contribution is -1.90. The topological polar surface area (TPSA) is 13.1 Å². The molecule has 1 nitrogen and oxygen atoms in total. The normalized spacial score (nSPS) is 12.8. The highest BCUT2D eigenvalue weighted by molar-refractivity contribution is 9.09. The smallest absolute Gasteiger partial charge is 0.122 e. The van der Waals surface area contributed by atoms with Gasteiger partial charge >= 0.3 is 0 Å². The van der Waals surface area contributed by atoms with Gasteiger partial charge in [-0.15, -0.1) is 0 Å². The Labute approximate surface area is 112 Å². The van der Waals surface area contributed by atoms with Crippen LogP contribution < -0.4 is 0 Å². The zero-order chi connectivity index (χ0) is 11.7. The summed E-state index contributed by atoms with van der Waals surface area (Å²) in [4.78, 5) is -0.00373. The standard InChI is InChI=1S/C12H9BrCl2O/c1-7-2-5-11(16-7)12(13)8-3-4-9(14)10(15)6-8/h2-6,12H,1H3. The molecule has 1 atom stereocenters. The number of furan rings is 1.